The summed E-state index contributed by atoms with van der Waals surface area (Å²) in [6.07, 6.45) is 5.57. The molecule has 1 aliphatic carbocycles. The molecule has 1 saturated heterocycles. The lowest BCUT2D eigenvalue weighted by molar-refractivity contribution is -0.0301. The second kappa shape index (κ2) is 3.95. The quantitative estimate of drug-likeness (QED) is 0.697. The summed E-state index contributed by atoms with van der Waals surface area (Å²) in [7, 11) is 1.81. The summed E-state index contributed by atoms with van der Waals surface area (Å²) in [6, 6.07) is 1.42. The van der Waals surface area contributed by atoms with Crippen LogP contribution in [0.5, 0.6) is 0 Å². The van der Waals surface area contributed by atoms with Gasteiger partial charge in [0.15, 0.2) is 0 Å². The SMILES string of the molecule is COC1CC(N2CCCC2CN)C1. The lowest BCUT2D eigenvalue weighted by Crippen LogP contribution is -2.51. The lowest BCUT2D eigenvalue weighted by Gasteiger charge is -2.42. The van der Waals surface area contributed by atoms with Gasteiger partial charge in [0.25, 0.3) is 0 Å². The molecular formula is C10H20N2O. The van der Waals surface area contributed by atoms with Gasteiger partial charge in [0, 0.05) is 25.7 Å². The second-order valence-electron chi connectivity index (χ2n) is 4.25. The molecule has 2 fully saturated rings. The van der Waals surface area contributed by atoms with Crippen molar-refractivity contribution in [2.45, 2.75) is 43.9 Å². The lowest BCUT2D eigenvalue weighted by atomic mass is 9.87. The second-order valence-corrected chi connectivity index (χ2v) is 4.25. The summed E-state index contributed by atoms with van der Waals surface area (Å²) in [5.41, 5.74) is 5.74. The normalized spacial score (nSPS) is 40.6. The zero-order valence-corrected chi connectivity index (χ0v) is 8.41. The van der Waals surface area contributed by atoms with Crippen molar-refractivity contribution in [1.29, 1.82) is 0 Å². The molecule has 1 aliphatic heterocycles. The van der Waals surface area contributed by atoms with E-state index in [1.807, 2.05) is 7.11 Å². The first kappa shape index (κ1) is 9.44. The third-order valence-corrected chi connectivity index (χ3v) is 3.57. The Morgan fingerprint density at radius 3 is 2.85 bits per heavy atom. The van der Waals surface area contributed by atoms with Crippen LogP contribution in [0.3, 0.4) is 0 Å². The summed E-state index contributed by atoms with van der Waals surface area (Å²) < 4.78 is 5.29. The van der Waals surface area contributed by atoms with Crippen molar-refractivity contribution in [3.63, 3.8) is 0 Å². The largest absolute Gasteiger partial charge is 0.381 e. The summed E-state index contributed by atoms with van der Waals surface area (Å²) in [6.45, 7) is 2.08. The minimum absolute atomic E-state index is 0.518. The van der Waals surface area contributed by atoms with Gasteiger partial charge in [0.1, 0.15) is 0 Å². The number of hydrogen-bond acceptors (Lipinski definition) is 3. The minimum atomic E-state index is 0.518. The molecule has 1 unspecified atom stereocenters. The van der Waals surface area contributed by atoms with Crippen LogP contribution >= 0.6 is 0 Å². The third kappa shape index (κ3) is 1.73. The van der Waals surface area contributed by atoms with E-state index >= 15 is 0 Å². The molecule has 3 heteroatoms. The first-order valence-electron chi connectivity index (χ1n) is 5.33. The molecular weight excluding hydrogens is 164 g/mol. The topological polar surface area (TPSA) is 38.5 Å². The van der Waals surface area contributed by atoms with Crippen molar-refractivity contribution in [3.8, 4) is 0 Å². The molecule has 2 N–H and O–H groups in total. The van der Waals surface area contributed by atoms with Crippen LogP contribution in [0.15, 0.2) is 0 Å². The van der Waals surface area contributed by atoms with Crippen LogP contribution in [0.2, 0.25) is 0 Å². The maximum atomic E-state index is 5.74. The average Bonchev–Trinajstić information content (AvgIpc) is 2.50. The first-order chi connectivity index (χ1) is 6.35. The number of hydrogen-bond donors (Lipinski definition) is 1. The van der Waals surface area contributed by atoms with Crippen molar-refractivity contribution < 1.29 is 4.74 Å². The number of nitrogens with two attached hydrogens (primary N) is 1. The van der Waals surface area contributed by atoms with Crippen molar-refractivity contribution in [2.75, 3.05) is 20.2 Å². The molecule has 1 saturated carbocycles. The molecule has 13 heavy (non-hydrogen) atoms. The standard InChI is InChI=1S/C10H20N2O/c1-13-10-5-9(6-10)12-4-2-3-8(12)7-11/h8-10H,2-7,11H2,1H3. The highest BCUT2D eigenvalue weighted by Crippen LogP contribution is 2.32. The van der Waals surface area contributed by atoms with Crippen LogP contribution in [0.4, 0.5) is 0 Å². The van der Waals surface area contributed by atoms with Gasteiger partial charge >= 0.3 is 0 Å². The fraction of sp³-hybridized carbons (Fsp3) is 1.00. The Morgan fingerprint density at radius 1 is 1.46 bits per heavy atom. The third-order valence-electron chi connectivity index (χ3n) is 3.57. The molecule has 3 nitrogen and oxygen atoms in total. The van der Waals surface area contributed by atoms with E-state index in [2.05, 4.69) is 4.90 Å². The highest BCUT2D eigenvalue weighted by molar-refractivity contribution is 4.93. The fourth-order valence-corrected chi connectivity index (χ4v) is 2.59. The maximum Gasteiger partial charge on any atom is 0.0601 e. The van der Waals surface area contributed by atoms with Gasteiger partial charge < -0.3 is 10.5 Å². The van der Waals surface area contributed by atoms with Crippen LogP contribution in [-0.4, -0.2) is 43.3 Å². The van der Waals surface area contributed by atoms with E-state index in [-0.39, 0.29) is 0 Å². The van der Waals surface area contributed by atoms with Crippen LogP contribution < -0.4 is 5.73 Å². The van der Waals surface area contributed by atoms with Crippen LogP contribution in [0, 0.1) is 0 Å². The molecule has 1 atom stereocenters. The van der Waals surface area contributed by atoms with Crippen LogP contribution in [0.1, 0.15) is 25.7 Å². The van der Waals surface area contributed by atoms with E-state index in [4.69, 9.17) is 10.5 Å². The molecule has 0 spiro atoms. The Kier molecular flexibility index (Phi) is 2.86. The summed E-state index contributed by atoms with van der Waals surface area (Å²) >= 11 is 0. The van der Waals surface area contributed by atoms with Crippen LogP contribution in [0.25, 0.3) is 0 Å². The van der Waals surface area contributed by atoms with E-state index < -0.39 is 0 Å². The van der Waals surface area contributed by atoms with Crippen molar-refractivity contribution in [3.05, 3.63) is 0 Å². The minimum Gasteiger partial charge on any atom is -0.381 e. The van der Waals surface area contributed by atoms with Gasteiger partial charge in [-0.05, 0) is 32.2 Å². The Labute approximate surface area is 80.2 Å². The van der Waals surface area contributed by atoms with Gasteiger partial charge in [-0.1, -0.05) is 0 Å². The molecule has 2 rings (SSSR count). The smallest absolute Gasteiger partial charge is 0.0601 e. The highest BCUT2D eigenvalue weighted by Gasteiger charge is 2.38. The molecule has 0 amide bonds. The Hall–Kier alpha value is -0.120. The molecule has 0 bridgehead atoms. The predicted octanol–water partition coefficient (Wildman–Crippen LogP) is 0.587. The predicted molar refractivity (Wildman–Crippen MR) is 52.6 cm³/mol. The van der Waals surface area contributed by atoms with Gasteiger partial charge in [-0.3, -0.25) is 4.90 Å². The van der Waals surface area contributed by atoms with E-state index in [1.165, 1.54) is 32.2 Å². The maximum absolute atomic E-state index is 5.74. The van der Waals surface area contributed by atoms with Gasteiger partial charge in [-0.25, -0.2) is 0 Å². The Balaban J connectivity index is 1.81. The molecule has 0 radical (unpaired) electrons. The molecule has 0 aromatic heterocycles. The van der Waals surface area contributed by atoms with Gasteiger partial charge in [-0.2, -0.15) is 0 Å². The zero-order chi connectivity index (χ0) is 9.26. The van der Waals surface area contributed by atoms with Crippen molar-refractivity contribution in [2.24, 2.45) is 5.73 Å². The monoisotopic (exact) mass is 184 g/mol. The van der Waals surface area contributed by atoms with Crippen molar-refractivity contribution in [1.82, 2.24) is 4.90 Å². The highest BCUT2D eigenvalue weighted by atomic mass is 16.5. The molecule has 76 valence electrons. The summed E-state index contributed by atoms with van der Waals surface area (Å²) in [5, 5.41) is 0. The summed E-state index contributed by atoms with van der Waals surface area (Å²) in [5.74, 6) is 0. The number of likely N-dealkylation sites (tertiary alicyclic amines) is 1. The van der Waals surface area contributed by atoms with Gasteiger partial charge in [0.05, 0.1) is 6.10 Å². The number of methoxy groups -OCH3 is 1. The molecule has 0 aromatic rings. The number of nitrogens with zero attached hydrogens (tertiary/aromatic N) is 1. The van der Waals surface area contributed by atoms with Crippen molar-refractivity contribution >= 4 is 0 Å². The Morgan fingerprint density at radius 2 is 2.23 bits per heavy atom. The number of ether oxygens (including phenoxy) is 1. The average molecular weight is 184 g/mol. The van der Waals surface area contributed by atoms with E-state index in [0.29, 0.717) is 12.1 Å². The van der Waals surface area contributed by atoms with Gasteiger partial charge in [-0.15, -0.1) is 0 Å². The fourth-order valence-electron chi connectivity index (χ4n) is 2.59. The summed E-state index contributed by atoms with van der Waals surface area (Å²) in [4.78, 5) is 2.59. The molecule has 1 heterocycles. The van der Waals surface area contributed by atoms with E-state index in [9.17, 15) is 0 Å². The first-order valence-corrected chi connectivity index (χ1v) is 5.33. The van der Waals surface area contributed by atoms with E-state index in [0.717, 1.165) is 12.6 Å². The van der Waals surface area contributed by atoms with Gasteiger partial charge in [0.2, 0.25) is 0 Å². The molecule has 2 aliphatic rings. The van der Waals surface area contributed by atoms with Crippen LogP contribution in [-0.2, 0) is 4.74 Å². The Bertz CT molecular complexity index is 168. The zero-order valence-electron chi connectivity index (χ0n) is 8.41. The number of rotatable bonds is 3. The molecule has 0 aromatic carbocycles. The van der Waals surface area contributed by atoms with E-state index in [1.54, 1.807) is 0 Å².